The molecule has 0 atom stereocenters. The number of hydrogen-bond acceptors (Lipinski definition) is 4. The van der Waals surface area contributed by atoms with E-state index in [2.05, 4.69) is 15.2 Å². The summed E-state index contributed by atoms with van der Waals surface area (Å²) in [6.45, 7) is 1.95. The molecule has 0 radical (unpaired) electrons. The van der Waals surface area contributed by atoms with E-state index in [1.807, 2.05) is 58.5 Å². The lowest BCUT2D eigenvalue weighted by molar-refractivity contribution is 1.02. The van der Waals surface area contributed by atoms with Gasteiger partial charge in [-0.2, -0.15) is 0 Å². The van der Waals surface area contributed by atoms with Gasteiger partial charge in [0.15, 0.2) is 5.82 Å². The molecule has 4 heterocycles. The molecule has 142 valence electrons. The normalized spacial score (nSPS) is 11.3. The zero-order valence-corrected chi connectivity index (χ0v) is 16.8. The number of benzene rings is 1. The minimum atomic E-state index is 0.558. The minimum Gasteiger partial charge on any atom is -0.296 e. The monoisotopic (exact) mass is 420 g/mol. The molecule has 8 heteroatoms. The molecule has 0 saturated carbocycles. The quantitative estimate of drug-likeness (QED) is 0.399. The van der Waals surface area contributed by atoms with Crippen LogP contribution < -0.4 is 0 Å². The van der Waals surface area contributed by atoms with Crippen LogP contribution in [0.3, 0.4) is 0 Å². The van der Waals surface area contributed by atoms with Crippen LogP contribution in [0.25, 0.3) is 34.1 Å². The zero-order chi connectivity index (χ0) is 20.0. The molecule has 0 saturated heterocycles. The molecular formula is C21H14Cl2N6. The Bertz CT molecular complexity index is 1340. The van der Waals surface area contributed by atoms with Gasteiger partial charge in [0.1, 0.15) is 23.4 Å². The van der Waals surface area contributed by atoms with Crippen LogP contribution in [0.1, 0.15) is 5.69 Å². The van der Waals surface area contributed by atoms with Crippen LogP contribution in [0.2, 0.25) is 10.0 Å². The van der Waals surface area contributed by atoms with Crippen LogP contribution in [0, 0.1) is 6.92 Å². The number of pyridine rings is 2. The zero-order valence-electron chi connectivity index (χ0n) is 15.3. The molecule has 4 aromatic heterocycles. The van der Waals surface area contributed by atoms with Crippen molar-refractivity contribution in [2.75, 3.05) is 0 Å². The summed E-state index contributed by atoms with van der Waals surface area (Å²) >= 11 is 12.8. The Morgan fingerprint density at radius 2 is 1.90 bits per heavy atom. The van der Waals surface area contributed by atoms with E-state index in [0.717, 1.165) is 28.3 Å². The Hall–Kier alpha value is -3.22. The lowest BCUT2D eigenvalue weighted by Gasteiger charge is -2.09. The number of fused-ring (bicyclic) bond motifs is 1. The molecule has 0 unspecified atom stereocenters. The Labute approximate surface area is 176 Å². The summed E-state index contributed by atoms with van der Waals surface area (Å²) in [7, 11) is 0. The van der Waals surface area contributed by atoms with Crippen LogP contribution >= 0.6 is 23.2 Å². The third-order valence-corrected chi connectivity index (χ3v) is 5.21. The molecule has 0 spiro atoms. The van der Waals surface area contributed by atoms with Crippen molar-refractivity contribution < 1.29 is 0 Å². The number of rotatable bonds is 3. The maximum absolute atomic E-state index is 6.51. The second-order valence-corrected chi connectivity index (χ2v) is 7.39. The molecule has 0 bridgehead atoms. The molecule has 0 aliphatic rings. The van der Waals surface area contributed by atoms with Gasteiger partial charge in [0.2, 0.25) is 0 Å². The number of halogens is 2. The van der Waals surface area contributed by atoms with Crippen molar-refractivity contribution in [3.8, 4) is 28.5 Å². The van der Waals surface area contributed by atoms with E-state index in [1.165, 1.54) is 0 Å². The Kier molecular flexibility index (Phi) is 4.30. The molecule has 0 aliphatic carbocycles. The van der Waals surface area contributed by atoms with Gasteiger partial charge in [-0.3, -0.25) is 14.0 Å². The van der Waals surface area contributed by atoms with E-state index < -0.39 is 0 Å². The summed E-state index contributed by atoms with van der Waals surface area (Å²) in [5.74, 6) is 0.625. The second kappa shape index (κ2) is 6.99. The molecule has 0 N–H and O–H groups in total. The van der Waals surface area contributed by atoms with Crippen molar-refractivity contribution in [2.45, 2.75) is 6.92 Å². The van der Waals surface area contributed by atoms with Gasteiger partial charge in [-0.05, 0) is 49.4 Å². The van der Waals surface area contributed by atoms with E-state index >= 15 is 0 Å². The summed E-state index contributed by atoms with van der Waals surface area (Å²) in [5, 5.41) is 9.68. The van der Waals surface area contributed by atoms with E-state index in [9.17, 15) is 0 Å². The van der Waals surface area contributed by atoms with Crippen molar-refractivity contribution in [1.82, 2.24) is 29.1 Å². The fourth-order valence-corrected chi connectivity index (χ4v) is 3.64. The van der Waals surface area contributed by atoms with Crippen LogP contribution in [0.4, 0.5) is 0 Å². The van der Waals surface area contributed by atoms with E-state index in [4.69, 9.17) is 28.2 Å². The molecule has 5 aromatic rings. The van der Waals surface area contributed by atoms with Gasteiger partial charge in [-0.25, -0.2) is 4.98 Å². The van der Waals surface area contributed by atoms with E-state index in [1.54, 1.807) is 24.7 Å². The summed E-state index contributed by atoms with van der Waals surface area (Å²) < 4.78 is 3.85. The highest BCUT2D eigenvalue weighted by molar-refractivity contribution is 6.35. The molecule has 1 aromatic carbocycles. The highest BCUT2D eigenvalue weighted by atomic mass is 35.5. The van der Waals surface area contributed by atoms with Gasteiger partial charge in [0.05, 0.1) is 16.9 Å². The molecule has 5 rings (SSSR count). The van der Waals surface area contributed by atoms with Gasteiger partial charge in [-0.15, -0.1) is 10.2 Å². The van der Waals surface area contributed by atoms with Crippen molar-refractivity contribution >= 4 is 28.8 Å². The van der Waals surface area contributed by atoms with E-state index in [-0.39, 0.29) is 0 Å². The number of imidazole rings is 1. The smallest absolute Gasteiger partial charge is 0.187 e. The summed E-state index contributed by atoms with van der Waals surface area (Å²) in [6, 6.07) is 15.1. The number of hydrogen-bond donors (Lipinski definition) is 0. The van der Waals surface area contributed by atoms with Crippen LogP contribution in [0.5, 0.6) is 0 Å². The lowest BCUT2D eigenvalue weighted by Crippen LogP contribution is -2.01. The predicted molar refractivity (Wildman–Crippen MR) is 114 cm³/mol. The molecule has 0 amide bonds. The molecule has 0 aliphatic heterocycles. The molecule has 0 fully saturated rings. The van der Waals surface area contributed by atoms with Gasteiger partial charge < -0.3 is 0 Å². The number of aromatic nitrogens is 6. The first-order valence-electron chi connectivity index (χ1n) is 8.88. The van der Waals surface area contributed by atoms with Gasteiger partial charge >= 0.3 is 0 Å². The maximum atomic E-state index is 6.51. The van der Waals surface area contributed by atoms with Crippen molar-refractivity contribution in [1.29, 1.82) is 0 Å². The third-order valence-electron chi connectivity index (χ3n) is 4.65. The molecule has 6 nitrogen and oxygen atoms in total. The highest BCUT2D eigenvalue weighted by Crippen LogP contribution is 2.37. The van der Waals surface area contributed by atoms with Crippen LogP contribution in [-0.4, -0.2) is 29.1 Å². The third kappa shape index (κ3) is 3.06. The Morgan fingerprint density at radius 1 is 1.00 bits per heavy atom. The highest BCUT2D eigenvalue weighted by Gasteiger charge is 2.22. The first-order valence-corrected chi connectivity index (χ1v) is 9.63. The van der Waals surface area contributed by atoms with Crippen molar-refractivity contribution in [2.24, 2.45) is 0 Å². The van der Waals surface area contributed by atoms with Gasteiger partial charge in [-0.1, -0.05) is 29.3 Å². The number of aryl methyl sites for hydroxylation is 1. The SMILES string of the molecule is Cc1ccc(-n2cnnc2-c2c(-c3cc(Cl)ccc3Cl)nc3ccccn23)cn1. The number of nitrogens with zero attached hydrogens (tertiary/aromatic N) is 6. The summed E-state index contributed by atoms with van der Waals surface area (Å²) in [5.41, 5.74) is 4.73. The average molecular weight is 421 g/mol. The first-order chi connectivity index (χ1) is 14.1. The van der Waals surface area contributed by atoms with Crippen molar-refractivity contribution in [3.63, 3.8) is 0 Å². The van der Waals surface area contributed by atoms with Crippen molar-refractivity contribution in [3.05, 3.63) is 83.0 Å². The second-order valence-electron chi connectivity index (χ2n) is 6.54. The van der Waals surface area contributed by atoms with Gasteiger partial charge in [0, 0.05) is 22.5 Å². The topological polar surface area (TPSA) is 60.9 Å². The molecular weight excluding hydrogens is 407 g/mol. The predicted octanol–water partition coefficient (Wildman–Crippen LogP) is 5.26. The summed E-state index contributed by atoms with van der Waals surface area (Å²) in [6.07, 6.45) is 5.39. The van der Waals surface area contributed by atoms with Gasteiger partial charge in [0.25, 0.3) is 0 Å². The van der Waals surface area contributed by atoms with E-state index in [0.29, 0.717) is 21.6 Å². The Morgan fingerprint density at radius 3 is 2.72 bits per heavy atom. The maximum Gasteiger partial charge on any atom is 0.187 e. The van der Waals surface area contributed by atoms with Crippen LogP contribution in [-0.2, 0) is 0 Å². The first kappa shape index (κ1) is 17.8. The average Bonchev–Trinajstić information content (AvgIpc) is 3.34. The minimum absolute atomic E-state index is 0.558. The fraction of sp³-hybridized carbons (Fsp3) is 0.0476. The molecule has 29 heavy (non-hydrogen) atoms. The fourth-order valence-electron chi connectivity index (χ4n) is 3.26. The Balaban J connectivity index is 1.82. The lowest BCUT2D eigenvalue weighted by atomic mass is 10.1. The largest absolute Gasteiger partial charge is 0.296 e. The summed E-state index contributed by atoms with van der Waals surface area (Å²) in [4.78, 5) is 9.20. The van der Waals surface area contributed by atoms with Crippen LogP contribution in [0.15, 0.2) is 67.3 Å². The standard InChI is InChI=1S/C21H14Cl2N6/c1-13-5-7-15(11-24-13)29-12-25-27-21(29)20-19(16-10-14(22)6-8-17(16)23)26-18-4-2-3-9-28(18)20/h2-12H,1H3.